The number of halogens is 2. The van der Waals surface area contributed by atoms with E-state index in [9.17, 15) is 18.4 Å². The summed E-state index contributed by atoms with van der Waals surface area (Å²) in [4.78, 5) is 24.1. The maximum atomic E-state index is 12.4. The number of fused-ring (bicyclic) bond motifs is 1. The quantitative estimate of drug-likeness (QED) is 0.870. The van der Waals surface area contributed by atoms with Gasteiger partial charge >= 0.3 is 12.4 Å². The minimum atomic E-state index is -3.11. The van der Waals surface area contributed by atoms with Crippen molar-refractivity contribution in [3.63, 3.8) is 0 Å². The van der Waals surface area contributed by atoms with Crippen LogP contribution < -0.4 is 5.32 Å². The number of rotatable bonds is 4. The maximum absolute atomic E-state index is 12.4. The normalized spacial score (nSPS) is 14.0. The first kappa shape index (κ1) is 14.9. The molecule has 20 heavy (non-hydrogen) atoms. The molecule has 1 aromatic heterocycles. The van der Waals surface area contributed by atoms with E-state index in [1.807, 2.05) is 0 Å². The summed E-state index contributed by atoms with van der Waals surface area (Å²) in [5.41, 5.74) is 1.09. The number of anilines is 1. The van der Waals surface area contributed by atoms with Gasteiger partial charge in [-0.2, -0.15) is 8.78 Å². The highest BCUT2D eigenvalue weighted by atomic mass is 32.1. The number of carbonyl (C=O) groups is 2. The van der Waals surface area contributed by atoms with Crippen LogP contribution in [0.5, 0.6) is 0 Å². The molecule has 1 aliphatic rings. The maximum Gasteiger partial charge on any atom is 0.341 e. The molecule has 0 bridgehead atoms. The molecule has 110 valence electrons. The molecule has 0 saturated heterocycles. The van der Waals surface area contributed by atoms with Crippen molar-refractivity contribution >= 4 is 28.2 Å². The third kappa shape index (κ3) is 2.98. The van der Waals surface area contributed by atoms with Crippen LogP contribution in [0.4, 0.5) is 13.8 Å². The molecule has 2 rings (SSSR count). The lowest BCUT2D eigenvalue weighted by Crippen LogP contribution is -2.21. The highest BCUT2D eigenvalue weighted by molar-refractivity contribution is 7.17. The second kappa shape index (κ2) is 6.30. The molecule has 0 saturated carbocycles. The minimum absolute atomic E-state index is 0.181. The van der Waals surface area contributed by atoms with Gasteiger partial charge in [0.15, 0.2) is 0 Å². The second-order valence-corrected chi connectivity index (χ2v) is 5.53. The van der Waals surface area contributed by atoms with E-state index in [1.165, 1.54) is 11.3 Å². The predicted octanol–water partition coefficient (Wildman–Crippen LogP) is 3.01. The van der Waals surface area contributed by atoms with Crippen molar-refractivity contribution in [2.75, 3.05) is 11.9 Å². The van der Waals surface area contributed by atoms with Crippen LogP contribution in [0.15, 0.2) is 0 Å². The molecule has 0 unspecified atom stereocenters. The number of esters is 1. The Bertz CT molecular complexity index is 528. The fraction of sp³-hybridized carbons (Fsp3) is 0.538. The Morgan fingerprint density at radius 2 is 2.05 bits per heavy atom. The van der Waals surface area contributed by atoms with Crippen molar-refractivity contribution in [1.82, 2.24) is 0 Å². The number of ether oxygens (including phenoxy) is 1. The zero-order chi connectivity index (χ0) is 14.7. The van der Waals surface area contributed by atoms with Gasteiger partial charge in [0.2, 0.25) is 0 Å². The van der Waals surface area contributed by atoms with Crippen LogP contribution in [-0.2, 0) is 22.4 Å². The topological polar surface area (TPSA) is 55.4 Å². The first-order chi connectivity index (χ1) is 9.54. The van der Waals surface area contributed by atoms with Gasteiger partial charge in [0.1, 0.15) is 5.00 Å². The molecule has 0 atom stereocenters. The summed E-state index contributed by atoms with van der Waals surface area (Å²) in [5, 5.41) is 2.32. The summed E-state index contributed by atoms with van der Waals surface area (Å²) in [6, 6.07) is 0. The van der Waals surface area contributed by atoms with E-state index in [0.717, 1.165) is 29.7 Å². The van der Waals surface area contributed by atoms with Crippen LogP contribution in [0, 0.1) is 0 Å². The summed E-state index contributed by atoms with van der Waals surface area (Å²) >= 11 is 1.20. The van der Waals surface area contributed by atoms with E-state index >= 15 is 0 Å². The lowest BCUT2D eigenvalue weighted by Gasteiger charge is -2.12. The second-order valence-electron chi connectivity index (χ2n) is 4.43. The summed E-state index contributed by atoms with van der Waals surface area (Å²) in [5.74, 6) is -1.95. The van der Waals surface area contributed by atoms with E-state index in [-0.39, 0.29) is 17.2 Å². The third-order valence-corrected chi connectivity index (χ3v) is 4.29. The fourth-order valence-corrected chi connectivity index (χ4v) is 3.52. The largest absolute Gasteiger partial charge is 0.462 e. The molecule has 1 aromatic rings. The smallest absolute Gasteiger partial charge is 0.341 e. The average Bonchev–Trinajstić information content (AvgIpc) is 2.76. The highest BCUT2D eigenvalue weighted by Crippen LogP contribution is 2.38. The third-order valence-electron chi connectivity index (χ3n) is 3.09. The van der Waals surface area contributed by atoms with E-state index < -0.39 is 18.3 Å². The van der Waals surface area contributed by atoms with E-state index in [0.29, 0.717) is 6.42 Å². The zero-order valence-electron chi connectivity index (χ0n) is 11.0. The Morgan fingerprint density at radius 1 is 1.35 bits per heavy atom. The molecule has 0 radical (unpaired) electrons. The SMILES string of the molecule is CCOC(=O)c1c(NC(=O)C(F)F)sc2c1CCCC2. The fourth-order valence-electron chi connectivity index (χ4n) is 2.24. The van der Waals surface area contributed by atoms with E-state index in [2.05, 4.69) is 5.32 Å². The Hall–Kier alpha value is -1.50. The Balaban J connectivity index is 2.36. The Labute approximate surface area is 119 Å². The van der Waals surface area contributed by atoms with Gasteiger partial charge in [0.25, 0.3) is 5.91 Å². The molecular weight excluding hydrogens is 288 g/mol. The highest BCUT2D eigenvalue weighted by Gasteiger charge is 2.28. The predicted molar refractivity (Wildman–Crippen MR) is 71.6 cm³/mol. The van der Waals surface area contributed by atoms with Gasteiger partial charge in [-0.25, -0.2) is 4.79 Å². The summed E-state index contributed by atoms with van der Waals surface area (Å²) < 4.78 is 29.7. The van der Waals surface area contributed by atoms with Crippen molar-refractivity contribution in [1.29, 1.82) is 0 Å². The zero-order valence-corrected chi connectivity index (χ0v) is 11.8. The standard InChI is InChI=1S/C13H15F2NO3S/c1-2-19-13(18)9-7-5-3-4-6-8(7)20-12(9)16-11(17)10(14)15/h10H,2-6H2,1H3,(H,16,17). The van der Waals surface area contributed by atoms with Gasteiger partial charge in [-0.3, -0.25) is 4.79 Å². The van der Waals surface area contributed by atoms with Gasteiger partial charge in [-0.15, -0.1) is 11.3 Å². The van der Waals surface area contributed by atoms with Crippen molar-refractivity contribution in [3.05, 3.63) is 16.0 Å². The molecule has 4 nitrogen and oxygen atoms in total. The molecule has 7 heteroatoms. The van der Waals surface area contributed by atoms with Crippen LogP contribution in [0.1, 0.15) is 40.6 Å². The van der Waals surface area contributed by atoms with Crippen molar-refractivity contribution in [2.45, 2.75) is 39.0 Å². The number of aryl methyl sites for hydroxylation is 1. The van der Waals surface area contributed by atoms with Gasteiger partial charge in [0.05, 0.1) is 12.2 Å². The van der Waals surface area contributed by atoms with Crippen molar-refractivity contribution < 1.29 is 23.1 Å². The molecule has 1 aliphatic carbocycles. The molecule has 1 heterocycles. The number of nitrogens with one attached hydrogen (secondary N) is 1. The number of alkyl halides is 2. The van der Waals surface area contributed by atoms with Crippen LogP contribution in [-0.4, -0.2) is 24.9 Å². The van der Waals surface area contributed by atoms with Gasteiger partial charge < -0.3 is 10.1 Å². The molecule has 0 aliphatic heterocycles. The first-order valence-electron chi connectivity index (χ1n) is 6.45. The Morgan fingerprint density at radius 3 is 2.70 bits per heavy atom. The summed E-state index contributed by atoms with van der Waals surface area (Å²) in [7, 11) is 0. The summed E-state index contributed by atoms with van der Waals surface area (Å²) in [6.07, 6.45) is 0.349. The monoisotopic (exact) mass is 303 g/mol. The van der Waals surface area contributed by atoms with Crippen LogP contribution in [0.2, 0.25) is 0 Å². The van der Waals surface area contributed by atoms with Crippen LogP contribution >= 0.6 is 11.3 Å². The average molecular weight is 303 g/mol. The Kier molecular flexibility index (Phi) is 4.69. The molecule has 0 spiro atoms. The van der Waals surface area contributed by atoms with Crippen molar-refractivity contribution in [2.24, 2.45) is 0 Å². The molecular formula is C13H15F2NO3S. The summed E-state index contributed by atoms with van der Waals surface area (Å²) in [6.45, 7) is 1.87. The van der Waals surface area contributed by atoms with Crippen LogP contribution in [0.3, 0.4) is 0 Å². The van der Waals surface area contributed by atoms with Crippen LogP contribution in [0.25, 0.3) is 0 Å². The number of thiophene rings is 1. The lowest BCUT2D eigenvalue weighted by atomic mass is 9.95. The van der Waals surface area contributed by atoms with E-state index in [4.69, 9.17) is 4.74 Å². The minimum Gasteiger partial charge on any atom is -0.462 e. The molecule has 1 N–H and O–H groups in total. The van der Waals surface area contributed by atoms with Gasteiger partial charge in [-0.05, 0) is 38.2 Å². The van der Waals surface area contributed by atoms with Crippen molar-refractivity contribution in [3.8, 4) is 0 Å². The van der Waals surface area contributed by atoms with E-state index in [1.54, 1.807) is 6.92 Å². The number of amides is 1. The molecule has 0 aromatic carbocycles. The van der Waals surface area contributed by atoms with Gasteiger partial charge in [0, 0.05) is 4.88 Å². The molecule has 1 amide bonds. The number of hydrogen-bond acceptors (Lipinski definition) is 4. The number of carbonyl (C=O) groups excluding carboxylic acids is 2. The first-order valence-corrected chi connectivity index (χ1v) is 7.27. The molecule has 0 fully saturated rings. The number of hydrogen-bond donors (Lipinski definition) is 1. The van der Waals surface area contributed by atoms with Gasteiger partial charge in [-0.1, -0.05) is 0 Å². The lowest BCUT2D eigenvalue weighted by molar-refractivity contribution is -0.126.